The van der Waals surface area contributed by atoms with Gasteiger partial charge < -0.3 is 0 Å². The number of halogens is 2. The molecule has 4 aromatic carbocycles. The number of rotatable bonds is 4. The van der Waals surface area contributed by atoms with Crippen molar-refractivity contribution in [3.8, 4) is 45.0 Å². The van der Waals surface area contributed by atoms with Crippen LogP contribution < -0.4 is 0 Å². The molecule has 154 valence electrons. The van der Waals surface area contributed by atoms with Crippen molar-refractivity contribution in [2.24, 2.45) is 0 Å². The third-order valence-electron chi connectivity index (χ3n) is 5.23. The summed E-state index contributed by atoms with van der Waals surface area (Å²) in [7, 11) is 0. The van der Waals surface area contributed by atoms with Gasteiger partial charge in [0.1, 0.15) is 5.82 Å². The second kappa shape index (κ2) is 8.85. The summed E-state index contributed by atoms with van der Waals surface area (Å²) in [6.45, 7) is 0. The molecule has 0 saturated heterocycles. The van der Waals surface area contributed by atoms with Crippen LogP contribution in [0.3, 0.4) is 0 Å². The molecular weight excluding hydrogens is 463 g/mol. The first-order chi connectivity index (χ1) is 15.7. The topological polar surface area (TPSA) is 25.8 Å². The summed E-state index contributed by atoms with van der Waals surface area (Å²) in [5.41, 5.74) is 6.65. The largest absolute Gasteiger partial charge is 0.228 e. The minimum absolute atomic E-state index is 0.284. The van der Waals surface area contributed by atoms with Gasteiger partial charge in [0.2, 0.25) is 0 Å². The Bertz CT molecular complexity index is 1300. The lowest BCUT2D eigenvalue weighted by Gasteiger charge is -2.11. The maximum Gasteiger partial charge on any atom is 0.160 e. The van der Waals surface area contributed by atoms with Crippen molar-refractivity contribution in [1.82, 2.24) is 9.97 Å². The summed E-state index contributed by atoms with van der Waals surface area (Å²) in [4.78, 5) is 9.63. The van der Waals surface area contributed by atoms with Gasteiger partial charge in [-0.1, -0.05) is 76.6 Å². The van der Waals surface area contributed by atoms with Crippen LogP contribution in [0.2, 0.25) is 0 Å². The number of aromatic nitrogens is 2. The third-order valence-corrected chi connectivity index (χ3v) is 5.76. The molecule has 0 unspecified atom stereocenters. The van der Waals surface area contributed by atoms with Gasteiger partial charge in [0.25, 0.3) is 0 Å². The molecule has 0 saturated carbocycles. The Kier molecular flexibility index (Phi) is 5.61. The fraction of sp³-hybridized carbons (Fsp3) is 0. The van der Waals surface area contributed by atoms with E-state index in [1.165, 1.54) is 12.1 Å². The molecule has 1 aromatic heterocycles. The highest BCUT2D eigenvalue weighted by Crippen LogP contribution is 2.30. The molecule has 0 radical (unpaired) electrons. The van der Waals surface area contributed by atoms with Crippen molar-refractivity contribution in [1.29, 1.82) is 0 Å². The summed E-state index contributed by atoms with van der Waals surface area (Å²) in [6.07, 6.45) is 0. The van der Waals surface area contributed by atoms with E-state index in [9.17, 15) is 4.39 Å². The van der Waals surface area contributed by atoms with Crippen molar-refractivity contribution >= 4 is 15.9 Å². The minimum atomic E-state index is -0.284. The molecule has 0 bridgehead atoms. The SMILES string of the molecule is Fc1ccc(-c2nc(-c3ccc(Br)cc3)cc(-c3cccc(-c4ccccc4)c3)n2)cc1. The van der Waals surface area contributed by atoms with Crippen molar-refractivity contribution in [3.63, 3.8) is 0 Å². The van der Waals surface area contributed by atoms with E-state index < -0.39 is 0 Å². The van der Waals surface area contributed by atoms with Crippen LogP contribution in [0.1, 0.15) is 0 Å². The number of hydrogen-bond acceptors (Lipinski definition) is 2. The lowest BCUT2D eigenvalue weighted by molar-refractivity contribution is 0.628. The highest BCUT2D eigenvalue weighted by Gasteiger charge is 2.11. The zero-order chi connectivity index (χ0) is 21.9. The van der Waals surface area contributed by atoms with Crippen LogP contribution in [-0.4, -0.2) is 9.97 Å². The van der Waals surface area contributed by atoms with Crippen molar-refractivity contribution in [2.75, 3.05) is 0 Å². The van der Waals surface area contributed by atoms with Crippen LogP contribution in [0.5, 0.6) is 0 Å². The average molecular weight is 481 g/mol. The third kappa shape index (κ3) is 4.36. The van der Waals surface area contributed by atoms with Crippen LogP contribution in [0, 0.1) is 5.82 Å². The molecule has 0 atom stereocenters. The monoisotopic (exact) mass is 480 g/mol. The van der Waals surface area contributed by atoms with Gasteiger partial charge in [-0.15, -0.1) is 0 Å². The molecule has 2 nitrogen and oxygen atoms in total. The highest BCUT2D eigenvalue weighted by molar-refractivity contribution is 9.10. The maximum absolute atomic E-state index is 13.5. The second-order valence-electron chi connectivity index (χ2n) is 7.42. The quantitative estimate of drug-likeness (QED) is 0.260. The standard InChI is InChI=1S/C28H18BrFN2/c29-24-13-9-20(10-14-24)26-18-27(32-28(31-26)21-11-15-25(30)16-12-21)23-8-4-7-22(17-23)19-5-2-1-3-6-19/h1-18H. The number of benzene rings is 4. The first-order valence-corrected chi connectivity index (χ1v) is 11.0. The second-order valence-corrected chi connectivity index (χ2v) is 8.34. The predicted molar refractivity (Wildman–Crippen MR) is 131 cm³/mol. The molecule has 1 heterocycles. The predicted octanol–water partition coefficient (Wildman–Crippen LogP) is 8.05. The summed E-state index contributed by atoms with van der Waals surface area (Å²) in [5.74, 6) is 0.277. The first kappa shape index (κ1) is 20.3. The van der Waals surface area contributed by atoms with Gasteiger partial charge in [0.05, 0.1) is 11.4 Å². The van der Waals surface area contributed by atoms with Crippen LogP contribution in [0.15, 0.2) is 114 Å². The van der Waals surface area contributed by atoms with Crippen molar-refractivity contribution in [2.45, 2.75) is 0 Å². The van der Waals surface area contributed by atoms with E-state index in [0.717, 1.165) is 43.7 Å². The Balaban J connectivity index is 1.66. The van der Waals surface area contributed by atoms with E-state index in [1.807, 2.05) is 54.6 Å². The Labute approximate surface area is 194 Å². The molecule has 5 aromatic rings. The number of nitrogens with zero attached hydrogens (tertiary/aromatic N) is 2. The zero-order valence-corrected chi connectivity index (χ0v) is 18.6. The van der Waals surface area contributed by atoms with E-state index >= 15 is 0 Å². The lowest BCUT2D eigenvalue weighted by atomic mass is 10.0. The molecule has 0 amide bonds. The summed E-state index contributed by atoms with van der Waals surface area (Å²) in [5, 5.41) is 0. The Hall–Kier alpha value is -3.63. The molecule has 0 aliphatic heterocycles. The molecular formula is C28H18BrFN2. The Morgan fingerprint density at radius 1 is 0.500 bits per heavy atom. The highest BCUT2D eigenvalue weighted by atomic mass is 79.9. The smallest absolute Gasteiger partial charge is 0.160 e. The maximum atomic E-state index is 13.5. The minimum Gasteiger partial charge on any atom is -0.228 e. The Morgan fingerprint density at radius 2 is 1.09 bits per heavy atom. The molecule has 0 aliphatic rings. The van der Waals surface area contributed by atoms with Crippen molar-refractivity contribution in [3.05, 3.63) is 119 Å². The molecule has 5 rings (SSSR count). The fourth-order valence-corrected chi connectivity index (χ4v) is 3.84. The lowest BCUT2D eigenvalue weighted by Crippen LogP contribution is -1.96. The van der Waals surface area contributed by atoms with E-state index in [4.69, 9.17) is 9.97 Å². The van der Waals surface area contributed by atoms with Crippen LogP contribution in [-0.2, 0) is 0 Å². The van der Waals surface area contributed by atoms with Gasteiger partial charge in [0.15, 0.2) is 5.82 Å². The van der Waals surface area contributed by atoms with E-state index in [2.05, 4.69) is 46.3 Å². The van der Waals surface area contributed by atoms with Gasteiger partial charge in [-0.3, -0.25) is 0 Å². The fourth-order valence-electron chi connectivity index (χ4n) is 3.58. The average Bonchev–Trinajstić information content (AvgIpc) is 2.85. The molecule has 0 fully saturated rings. The molecule has 4 heteroatoms. The van der Waals surface area contributed by atoms with Crippen LogP contribution in [0.4, 0.5) is 4.39 Å². The molecule has 0 N–H and O–H groups in total. The summed E-state index contributed by atoms with van der Waals surface area (Å²) < 4.78 is 14.5. The molecule has 32 heavy (non-hydrogen) atoms. The van der Waals surface area contributed by atoms with Crippen LogP contribution >= 0.6 is 15.9 Å². The van der Waals surface area contributed by atoms with Gasteiger partial charge >= 0.3 is 0 Å². The van der Waals surface area contributed by atoms with E-state index in [1.54, 1.807) is 12.1 Å². The van der Waals surface area contributed by atoms with Gasteiger partial charge in [0, 0.05) is 21.2 Å². The van der Waals surface area contributed by atoms with Gasteiger partial charge in [-0.25, -0.2) is 14.4 Å². The number of hydrogen-bond donors (Lipinski definition) is 0. The Morgan fingerprint density at radius 3 is 1.81 bits per heavy atom. The summed E-state index contributed by atoms with van der Waals surface area (Å²) >= 11 is 3.49. The molecule has 0 spiro atoms. The zero-order valence-electron chi connectivity index (χ0n) is 17.0. The molecule has 0 aliphatic carbocycles. The van der Waals surface area contributed by atoms with Gasteiger partial charge in [-0.2, -0.15) is 0 Å². The van der Waals surface area contributed by atoms with Crippen LogP contribution in [0.25, 0.3) is 45.0 Å². The normalized spacial score (nSPS) is 10.8. The first-order valence-electron chi connectivity index (χ1n) is 10.2. The van der Waals surface area contributed by atoms with E-state index in [-0.39, 0.29) is 5.82 Å². The van der Waals surface area contributed by atoms with Crippen molar-refractivity contribution < 1.29 is 4.39 Å². The van der Waals surface area contributed by atoms with E-state index in [0.29, 0.717) is 5.82 Å². The van der Waals surface area contributed by atoms with Gasteiger partial charge in [-0.05, 0) is 59.7 Å². The summed E-state index contributed by atoms with van der Waals surface area (Å²) in [6, 6.07) is 34.9.